The quantitative estimate of drug-likeness (QED) is 0.671. The van der Waals surface area contributed by atoms with Gasteiger partial charge in [-0.15, -0.1) is 0 Å². The van der Waals surface area contributed by atoms with Crippen molar-refractivity contribution in [3.8, 4) is 0 Å². The van der Waals surface area contributed by atoms with Crippen LogP contribution in [0, 0.1) is 53.3 Å². The van der Waals surface area contributed by atoms with Crippen molar-refractivity contribution in [1.82, 2.24) is 0 Å². The van der Waals surface area contributed by atoms with Crippen LogP contribution in [0.3, 0.4) is 0 Å². The van der Waals surface area contributed by atoms with Crippen LogP contribution in [-0.4, -0.2) is 16.9 Å². The smallest absolute Gasteiger partial charge is 0.381 e. The first kappa shape index (κ1) is 18.6. The second-order valence-electron chi connectivity index (χ2n) is 9.07. The molecule has 0 aromatic carbocycles. The molecule has 0 spiro atoms. The third-order valence-electron chi connectivity index (χ3n) is 8.25. The van der Waals surface area contributed by atoms with Gasteiger partial charge in [-0.1, -0.05) is 13.8 Å². The van der Waals surface area contributed by atoms with Gasteiger partial charge >= 0.3 is 6.18 Å². The Kier molecular flexibility index (Phi) is 4.60. The molecule has 4 bridgehead atoms. The van der Waals surface area contributed by atoms with E-state index in [1.54, 1.807) is 0 Å². The second kappa shape index (κ2) is 5.68. The fourth-order valence-electron chi connectivity index (χ4n) is 7.22. The molecule has 1 N–H and O–H groups in total. The SMILES string of the molecule is CC1C(C)C2CC1C1C3CC(CC(C)(O)C(F)(F)F)C(C3)C21.[Y]. The summed E-state index contributed by atoms with van der Waals surface area (Å²) in [5.74, 6) is 5.67. The van der Waals surface area contributed by atoms with Crippen molar-refractivity contribution in [1.29, 1.82) is 0 Å². The van der Waals surface area contributed by atoms with Gasteiger partial charge in [-0.3, -0.25) is 0 Å². The normalized spacial score (nSPS) is 53.1. The van der Waals surface area contributed by atoms with E-state index < -0.39 is 11.8 Å². The predicted octanol–water partition coefficient (Wildman–Crippen LogP) is 4.50. The van der Waals surface area contributed by atoms with Crippen LogP contribution in [0.2, 0.25) is 0 Å². The van der Waals surface area contributed by atoms with E-state index in [-0.39, 0.29) is 45.0 Å². The average Bonchev–Trinajstić information content (AvgIpc) is 3.07. The largest absolute Gasteiger partial charge is 0.416 e. The van der Waals surface area contributed by atoms with Gasteiger partial charge in [0.2, 0.25) is 0 Å². The third-order valence-corrected chi connectivity index (χ3v) is 8.25. The molecule has 129 valence electrons. The van der Waals surface area contributed by atoms with E-state index in [0.717, 1.165) is 49.4 Å². The van der Waals surface area contributed by atoms with Crippen molar-refractivity contribution < 1.29 is 51.0 Å². The summed E-state index contributed by atoms with van der Waals surface area (Å²) in [5.41, 5.74) is -2.52. The number of alkyl halides is 3. The molecule has 4 fully saturated rings. The number of hydrogen-bond acceptors (Lipinski definition) is 1. The van der Waals surface area contributed by atoms with E-state index >= 15 is 0 Å². The number of aliphatic hydroxyl groups is 1. The van der Waals surface area contributed by atoms with E-state index in [4.69, 9.17) is 0 Å². The van der Waals surface area contributed by atoms with E-state index in [2.05, 4.69) is 13.8 Å². The van der Waals surface area contributed by atoms with Crippen molar-refractivity contribution in [3.05, 3.63) is 0 Å². The van der Waals surface area contributed by atoms with Gasteiger partial charge in [-0.05, 0) is 85.9 Å². The topological polar surface area (TPSA) is 20.2 Å². The number of halogens is 3. The summed E-state index contributed by atoms with van der Waals surface area (Å²) >= 11 is 0. The monoisotopic (exact) mass is 405 g/mol. The summed E-state index contributed by atoms with van der Waals surface area (Å²) in [6.07, 6.45) is -1.25. The summed E-state index contributed by atoms with van der Waals surface area (Å²) in [7, 11) is 0. The molecule has 10 unspecified atom stereocenters. The minimum Gasteiger partial charge on any atom is -0.381 e. The van der Waals surface area contributed by atoms with Gasteiger partial charge in [0.25, 0.3) is 0 Å². The molecule has 0 amide bonds. The average molecular weight is 405 g/mol. The fourth-order valence-corrected chi connectivity index (χ4v) is 7.22. The fraction of sp³-hybridized carbons (Fsp3) is 1.00. The van der Waals surface area contributed by atoms with Crippen LogP contribution in [-0.2, 0) is 32.7 Å². The van der Waals surface area contributed by atoms with Crippen LogP contribution < -0.4 is 0 Å². The molecule has 23 heavy (non-hydrogen) atoms. The van der Waals surface area contributed by atoms with Crippen LogP contribution in [0.5, 0.6) is 0 Å². The molecule has 1 radical (unpaired) electrons. The van der Waals surface area contributed by atoms with Gasteiger partial charge < -0.3 is 5.11 Å². The Morgan fingerprint density at radius 3 is 2.04 bits per heavy atom. The number of fused-ring (bicyclic) bond motifs is 9. The minimum absolute atomic E-state index is 0. The van der Waals surface area contributed by atoms with Crippen molar-refractivity contribution in [2.75, 3.05) is 0 Å². The summed E-state index contributed by atoms with van der Waals surface area (Å²) < 4.78 is 39.0. The molecule has 0 aliphatic heterocycles. The van der Waals surface area contributed by atoms with Crippen LogP contribution in [0.15, 0.2) is 0 Å². The van der Waals surface area contributed by atoms with Gasteiger partial charge in [-0.2, -0.15) is 13.2 Å². The zero-order valence-electron chi connectivity index (χ0n) is 14.2. The first-order chi connectivity index (χ1) is 10.1. The summed E-state index contributed by atoms with van der Waals surface area (Å²) in [4.78, 5) is 0. The van der Waals surface area contributed by atoms with Crippen LogP contribution >= 0.6 is 0 Å². The Balaban J connectivity index is 0.00000156. The van der Waals surface area contributed by atoms with Gasteiger partial charge in [0.1, 0.15) is 0 Å². The molecule has 4 rings (SSSR count). The molecule has 0 saturated heterocycles. The van der Waals surface area contributed by atoms with Crippen molar-refractivity contribution >= 4 is 0 Å². The van der Waals surface area contributed by atoms with Gasteiger partial charge in [0.15, 0.2) is 5.60 Å². The zero-order valence-corrected chi connectivity index (χ0v) is 17.0. The molecule has 0 heterocycles. The Bertz CT molecular complexity index is 477. The molecule has 1 nitrogen and oxygen atoms in total. The molecule has 4 aliphatic carbocycles. The van der Waals surface area contributed by atoms with Gasteiger partial charge in [-0.25, -0.2) is 0 Å². The predicted molar refractivity (Wildman–Crippen MR) is 77.9 cm³/mol. The Morgan fingerprint density at radius 1 is 0.913 bits per heavy atom. The van der Waals surface area contributed by atoms with Crippen LogP contribution in [0.4, 0.5) is 13.2 Å². The third kappa shape index (κ3) is 2.52. The molecule has 0 aromatic rings. The van der Waals surface area contributed by atoms with Crippen LogP contribution in [0.25, 0.3) is 0 Å². The molecule has 0 aromatic heterocycles. The molecule has 4 aliphatic rings. The van der Waals surface area contributed by atoms with Gasteiger partial charge in [0, 0.05) is 32.7 Å². The first-order valence-corrected chi connectivity index (χ1v) is 8.91. The molecular weight excluding hydrogens is 378 g/mol. The van der Waals surface area contributed by atoms with Gasteiger partial charge in [0.05, 0.1) is 0 Å². The Hall–Kier alpha value is 0.854. The van der Waals surface area contributed by atoms with E-state index in [1.165, 1.54) is 6.42 Å². The molecular formula is C18H27F3OY. The first-order valence-electron chi connectivity index (χ1n) is 8.91. The maximum Gasteiger partial charge on any atom is 0.416 e. The Morgan fingerprint density at radius 2 is 1.48 bits per heavy atom. The Labute approximate surface area is 162 Å². The number of hydrogen-bond donors (Lipinski definition) is 1. The van der Waals surface area contributed by atoms with Crippen molar-refractivity contribution in [2.45, 2.75) is 58.2 Å². The van der Waals surface area contributed by atoms with Crippen molar-refractivity contribution in [2.24, 2.45) is 53.3 Å². The van der Waals surface area contributed by atoms with E-state index in [9.17, 15) is 18.3 Å². The second-order valence-corrected chi connectivity index (χ2v) is 9.07. The number of rotatable bonds is 2. The minimum atomic E-state index is -4.51. The van der Waals surface area contributed by atoms with E-state index in [1.807, 2.05) is 0 Å². The summed E-state index contributed by atoms with van der Waals surface area (Å²) in [6.45, 7) is 5.68. The molecule has 10 atom stereocenters. The summed E-state index contributed by atoms with van der Waals surface area (Å²) in [6, 6.07) is 0. The van der Waals surface area contributed by atoms with Crippen LogP contribution in [0.1, 0.15) is 46.5 Å². The molecule has 4 saturated carbocycles. The molecule has 5 heteroatoms. The standard InChI is InChI=1S/C18H27F3O.Y/c1-8-9(2)13-6-12(8)15-10-4-11(14(5-10)16(13)15)7-17(3,22)18(19,20)21;/h8-16,22H,4-7H2,1-3H3;. The maximum absolute atomic E-state index is 13.0. The summed E-state index contributed by atoms with van der Waals surface area (Å²) in [5, 5.41) is 9.88. The zero-order chi connectivity index (χ0) is 16.0. The van der Waals surface area contributed by atoms with Crippen molar-refractivity contribution in [3.63, 3.8) is 0 Å². The van der Waals surface area contributed by atoms with E-state index in [0.29, 0.717) is 17.8 Å². The maximum atomic E-state index is 13.0.